The summed E-state index contributed by atoms with van der Waals surface area (Å²) < 4.78 is 14.0. The van der Waals surface area contributed by atoms with Crippen LogP contribution in [0.4, 0.5) is 16.4 Å². The summed E-state index contributed by atoms with van der Waals surface area (Å²) in [6.07, 6.45) is 0. The number of nitrogens with one attached hydrogen (secondary N) is 3. The maximum Gasteiger partial charge on any atom is 0.317 e. The monoisotopic (exact) mass is 597 g/mol. The number of carbonyl (C=O) groups is 2. The van der Waals surface area contributed by atoms with Crippen molar-refractivity contribution in [2.24, 2.45) is 0 Å². The number of amides is 3. The Hall–Kier alpha value is -4.45. The molecule has 4 heterocycles. The van der Waals surface area contributed by atoms with E-state index < -0.39 is 0 Å². The highest BCUT2D eigenvalue weighted by Crippen LogP contribution is 2.45. The zero-order valence-corrected chi connectivity index (χ0v) is 24.3. The van der Waals surface area contributed by atoms with Crippen LogP contribution >= 0.6 is 11.3 Å². The number of ether oxygens (including phenoxy) is 1. The molecule has 10 nitrogen and oxygen atoms in total. The van der Waals surface area contributed by atoms with Gasteiger partial charge in [-0.25, -0.2) is 4.79 Å². The number of para-hydroxylation sites is 1. The number of benzene rings is 3. The number of hydrogen-bond acceptors (Lipinski definition) is 8. The van der Waals surface area contributed by atoms with Gasteiger partial charge < -0.3 is 34.9 Å². The summed E-state index contributed by atoms with van der Waals surface area (Å²) in [4.78, 5) is 41.7. The van der Waals surface area contributed by atoms with E-state index in [0.717, 1.165) is 37.0 Å². The van der Waals surface area contributed by atoms with Crippen molar-refractivity contribution in [2.75, 3.05) is 69.2 Å². The number of nitrogens with zero attached hydrogens (tertiary/aromatic N) is 2. The molecule has 7 rings (SSSR count). The van der Waals surface area contributed by atoms with Crippen LogP contribution in [-0.2, 0) is 9.53 Å². The second-order valence-electron chi connectivity index (χ2n) is 10.6. The van der Waals surface area contributed by atoms with E-state index in [9.17, 15) is 14.4 Å². The van der Waals surface area contributed by atoms with Gasteiger partial charge in [-0.1, -0.05) is 36.4 Å². The highest BCUT2D eigenvalue weighted by molar-refractivity contribution is 7.26. The van der Waals surface area contributed by atoms with Crippen LogP contribution in [0.5, 0.6) is 0 Å². The van der Waals surface area contributed by atoms with Crippen molar-refractivity contribution in [3.05, 3.63) is 70.9 Å². The second kappa shape index (κ2) is 11.7. The first-order valence-corrected chi connectivity index (χ1v) is 15.3. The lowest BCUT2D eigenvalue weighted by Crippen LogP contribution is -2.37. The summed E-state index contributed by atoms with van der Waals surface area (Å²) in [5, 5.41) is 11.5. The summed E-state index contributed by atoms with van der Waals surface area (Å²) in [6, 6.07) is 19.2. The summed E-state index contributed by atoms with van der Waals surface area (Å²) in [7, 11) is 0. The van der Waals surface area contributed by atoms with Gasteiger partial charge in [0, 0.05) is 76.6 Å². The van der Waals surface area contributed by atoms with Crippen LogP contribution in [0.3, 0.4) is 0 Å². The molecule has 0 bridgehead atoms. The molecular formula is C32H31N5O5S. The van der Waals surface area contributed by atoms with Crippen molar-refractivity contribution in [2.45, 2.75) is 0 Å². The third-order valence-corrected chi connectivity index (χ3v) is 9.15. The summed E-state index contributed by atoms with van der Waals surface area (Å²) in [6.45, 7) is 5.02. The van der Waals surface area contributed by atoms with E-state index >= 15 is 0 Å². The molecule has 3 aromatic carbocycles. The highest BCUT2D eigenvalue weighted by Gasteiger charge is 2.21. The molecule has 3 N–H and O–H groups in total. The van der Waals surface area contributed by atoms with Gasteiger partial charge in [-0.3, -0.25) is 9.59 Å². The van der Waals surface area contributed by atoms with Gasteiger partial charge in [0.1, 0.15) is 5.58 Å². The van der Waals surface area contributed by atoms with Crippen molar-refractivity contribution < 1.29 is 18.7 Å². The Kier molecular flexibility index (Phi) is 7.44. The van der Waals surface area contributed by atoms with E-state index in [4.69, 9.17) is 9.15 Å². The molecule has 2 fully saturated rings. The number of urea groups is 1. The normalized spacial score (nSPS) is 15.5. The molecule has 5 aromatic rings. The van der Waals surface area contributed by atoms with Crippen LogP contribution in [0.15, 0.2) is 69.9 Å². The fourth-order valence-electron chi connectivity index (χ4n) is 5.80. The largest absolute Gasteiger partial charge is 0.440 e. The average Bonchev–Trinajstić information content (AvgIpc) is 3.63. The molecule has 2 aliphatic rings. The predicted octanol–water partition coefficient (Wildman–Crippen LogP) is 4.22. The molecule has 3 amide bonds. The Labute approximate surface area is 251 Å². The van der Waals surface area contributed by atoms with Crippen LogP contribution in [-0.4, -0.2) is 75.9 Å². The SMILES string of the molecule is O=C(CNCCN1CCNC1=O)Nc1ccc(-c2cccc3c(=O)cc(N4CCOCC4)oc23)c2sc3ccccc3c12. The summed E-state index contributed by atoms with van der Waals surface area (Å²) in [5.41, 5.74) is 2.94. The zero-order chi connectivity index (χ0) is 29.3. The maximum absolute atomic E-state index is 13.2. The van der Waals surface area contributed by atoms with Gasteiger partial charge in [-0.15, -0.1) is 11.3 Å². The minimum Gasteiger partial charge on any atom is -0.440 e. The molecule has 0 unspecified atom stereocenters. The Morgan fingerprint density at radius 3 is 2.63 bits per heavy atom. The van der Waals surface area contributed by atoms with E-state index in [0.29, 0.717) is 69.3 Å². The average molecular weight is 598 g/mol. The fraction of sp³-hybridized carbons (Fsp3) is 0.281. The van der Waals surface area contributed by atoms with Gasteiger partial charge in [-0.05, 0) is 18.2 Å². The van der Waals surface area contributed by atoms with Crippen LogP contribution in [0.1, 0.15) is 0 Å². The van der Waals surface area contributed by atoms with Gasteiger partial charge in [0.2, 0.25) is 5.91 Å². The molecule has 43 heavy (non-hydrogen) atoms. The fourth-order valence-corrected chi connectivity index (χ4v) is 7.05. The zero-order valence-electron chi connectivity index (χ0n) is 23.5. The van der Waals surface area contributed by atoms with Crippen molar-refractivity contribution in [1.29, 1.82) is 0 Å². The Morgan fingerprint density at radius 1 is 0.953 bits per heavy atom. The lowest BCUT2D eigenvalue weighted by atomic mass is 9.99. The van der Waals surface area contributed by atoms with Gasteiger partial charge in [0.05, 0.1) is 30.8 Å². The molecule has 11 heteroatoms. The predicted molar refractivity (Wildman–Crippen MR) is 170 cm³/mol. The number of hydrogen-bond donors (Lipinski definition) is 3. The molecule has 0 radical (unpaired) electrons. The standard InChI is InChI=1S/C32H31N5O5S/c38-25-18-28(36-14-16-41-17-15-36)42-30-20(5-3-6-22(25)30)21-8-9-24(29-23-4-1-2-7-26(23)43-31(21)29)35-27(39)19-33-10-12-37-13-11-34-32(37)40/h1-9,18,33H,10-17,19H2,(H,34,40)(H,35,39). The first kappa shape index (κ1) is 27.4. The second-order valence-corrected chi connectivity index (χ2v) is 11.7. The Balaban J connectivity index is 1.23. The van der Waals surface area contributed by atoms with Crippen molar-refractivity contribution in [3.63, 3.8) is 0 Å². The van der Waals surface area contributed by atoms with E-state index in [1.165, 1.54) is 0 Å². The van der Waals surface area contributed by atoms with E-state index in [-0.39, 0.29) is 23.9 Å². The summed E-state index contributed by atoms with van der Waals surface area (Å²) >= 11 is 1.65. The number of rotatable bonds is 8. The number of thiophene rings is 1. The number of morpholine rings is 1. The molecule has 0 saturated carbocycles. The highest BCUT2D eigenvalue weighted by atomic mass is 32.1. The van der Waals surface area contributed by atoms with E-state index in [2.05, 4.69) is 28.1 Å². The van der Waals surface area contributed by atoms with E-state index in [1.807, 2.05) is 41.3 Å². The molecule has 0 atom stereocenters. The first-order valence-electron chi connectivity index (χ1n) is 14.4. The third kappa shape index (κ3) is 5.31. The molecule has 220 valence electrons. The maximum atomic E-state index is 13.2. The molecule has 0 spiro atoms. The van der Waals surface area contributed by atoms with Crippen molar-refractivity contribution >= 4 is 66.0 Å². The van der Waals surface area contributed by atoms with Crippen molar-refractivity contribution in [3.8, 4) is 11.1 Å². The first-order chi connectivity index (χ1) is 21.1. The topological polar surface area (TPSA) is 116 Å². The van der Waals surface area contributed by atoms with Crippen LogP contribution < -0.4 is 26.3 Å². The summed E-state index contributed by atoms with van der Waals surface area (Å²) in [5.74, 6) is 0.379. The molecule has 2 aromatic heterocycles. The quantitative estimate of drug-likeness (QED) is 0.230. The molecular weight excluding hydrogens is 566 g/mol. The number of anilines is 2. The Bertz CT molecular complexity index is 1910. The smallest absolute Gasteiger partial charge is 0.317 e. The molecule has 2 saturated heterocycles. The number of carbonyl (C=O) groups excluding carboxylic acids is 2. The van der Waals surface area contributed by atoms with Gasteiger partial charge in [0.25, 0.3) is 0 Å². The van der Waals surface area contributed by atoms with Crippen molar-refractivity contribution in [1.82, 2.24) is 15.5 Å². The lowest BCUT2D eigenvalue weighted by Gasteiger charge is -2.27. The molecule has 2 aliphatic heterocycles. The van der Waals surface area contributed by atoms with Crippen LogP contribution in [0.2, 0.25) is 0 Å². The number of fused-ring (bicyclic) bond motifs is 4. The Morgan fingerprint density at radius 2 is 1.79 bits per heavy atom. The van der Waals surface area contributed by atoms with Gasteiger partial charge >= 0.3 is 6.03 Å². The minimum absolute atomic E-state index is 0.0686. The lowest BCUT2D eigenvalue weighted by molar-refractivity contribution is -0.115. The minimum atomic E-state index is -0.165. The molecule has 0 aliphatic carbocycles. The van der Waals surface area contributed by atoms with E-state index in [1.54, 1.807) is 28.4 Å². The van der Waals surface area contributed by atoms with Crippen LogP contribution in [0.25, 0.3) is 42.3 Å². The van der Waals surface area contributed by atoms with Gasteiger partial charge in [0.15, 0.2) is 11.3 Å². The van der Waals surface area contributed by atoms with Crippen LogP contribution in [0, 0.1) is 0 Å². The van der Waals surface area contributed by atoms with Gasteiger partial charge in [-0.2, -0.15) is 0 Å². The third-order valence-electron chi connectivity index (χ3n) is 7.94.